The number of nitrogens with one attached hydrogen (secondary N) is 3. The largest absolute Gasteiger partial charge is 1.00 e. The Labute approximate surface area is 665 Å². The number of pyridine rings is 1. The normalized spacial score (nSPS) is 15.4. The molecule has 0 bridgehead atoms. The summed E-state index contributed by atoms with van der Waals surface area (Å²) in [6.45, 7) is 8.37. The van der Waals surface area contributed by atoms with E-state index in [-0.39, 0.29) is 207 Å². The number of fused-ring (bicyclic) bond motifs is 1. The summed E-state index contributed by atoms with van der Waals surface area (Å²) in [4.78, 5) is 32.3. The van der Waals surface area contributed by atoms with Gasteiger partial charge in [-0.25, -0.2) is 62.5 Å². The molecule has 2 aliphatic rings. The zero-order chi connectivity index (χ0) is 74.3. The fourth-order valence-electron chi connectivity index (χ4n) is 10.4. The predicted molar refractivity (Wildman–Crippen MR) is 382 cm³/mol. The molecule has 10 aromatic rings. The minimum atomic E-state index is -4.14. The summed E-state index contributed by atoms with van der Waals surface area (Å²) in [5.41, 5.74) is 13.6. The number of aryl methyl sites for hydroxylation is 2. The van der Waals surface area contributed by atoms with Crippen LogP contribution in [0.5, 0.6) is 0 Å². The second kappa shape index (κ2) is 35.5. The van der Waals surface area contributed by atoms with Crippen molar-refractivity contribution in [1.82, 2.24) is 38.5 Å². The van der Waals surface area contributed by atoms with Gasteiger partial charge in [0.1, 0.15) is 27.1 Å². The third-order valence-corrected chi connectivity index (χ3v) is 24.0. The van der Waals surface area contributed by atoms with Gasteiger partial charge >= 0.3 is 65.2 Å². The van der Waals surface area contributed by atoms with Crippen molar-refractivity contribution < 1.29 is 131 Å². The molecule has 2 atom stereocenters. The van der Waals surface area contributed by atoms with Crippen molar-refractivity contribution in [1.29, 1.82) is 0 Å². The number of nitrogens with two attached hydrogens (primary N) is 2. The van der Waals surface area contributed by atoms with Crippen LogP contribution in [-0.4, -0.2) is 149 Å². The smallest absolute Gasteiger partial charge is 0.858 e. The van der Waals surface area contributed by atoms with E-state index in [9.17, 15) is 53.1 Å². The van der Waals surface area contributed by atoms with Gasteiger partial charge in [-0.2, -0.15) is 13.7 Å². The quantitative estimate of drug-likeness (QED) is 0.0468. The van der Waals surface area contributed by atoms with Crippen LogP contribution in [-0.2, 0) is 60.8 Å². The van der Waals surface area contributed by atoms with Crippen LogP contribution in [0.1, 0.15) is 42.0 Å². The summed E-state index contributed by atoms with van der Waals surface area (Å²) in [5.74, 6) is -1.76. The first-order valence-electron chi connectivity index (χ1n) is 30.4. The molecule has 7 N–H and O–H groups in total. The van der Waals surface area contributed by atoms with Crippen molar-refractivity contribution >= 4 is 155 Å². The van der Waals surface area contributed by atoms with E-state index in [4.69, 9.17) is 60.3 Å². The van der Waals surface area contributed by atoms with Gasteiger partial charge in [0.05, 0.1) is 81.3 Å². The molecule has 41 heteroatoms. The summed E-state index contributed by atoms with van der Waals surface area (Å²) >= 11 is 18.8. The summed E-state index contributed by atoms with van der Waals surface area (Å²) in [7, 11) is -14.4. The number of sulfonamides is 4. The van der Waals surface area contributed by atoms with E-state index >= 15 is 0 Å². The average molecular weight is 1610 g/mol. The maximum absolute atomic E-state index is 14.1. The van der Waals surface area contributed by atoms with E-state index in [2.05, 4.69) is 54.7 Å². The number of aliphatic imine (C=N–C) groups is 2. The van der Waals surface area contributed by atoms with E-state index in [1.807, 2.05) is 13.8 Å². The van der Waals surface area contributed by atoms with Gasteiger partial charge in [-0.3, -0.25) is 24.7 Å². The number of amides is 1. The molecule has 0 spiro atoms. The maximum atomic E-state index is 14.1. The van der Waals surface area contributed by atoms with Crippen LogP contribution in [0, 0.1) is 19.7 Å². The summed E-state index contributed by atoms with van der Waals surface area (Å²) < 4.78 is 147. The van der Waals surface area contributed by atoms with Crippen LogP contribution >= 0.6 is 46.1 Å². The van der Waals surface area contributed by atoms with Gasteiger partial charge < -0.3 is 40.4 Å². The van der Waals surface area contributed by atoms with E-state index in [0.29, 0.717) is 39.8 Å². The number of anilines is 5. The van der Waals surface area contributed by atoms with Crippen LogP contribution in [0.4, 0.5) is 49.3 Å². The third-order valence-electron chi connectivity index (χ3n) is 15.1. The summed E-state index contributed by atoms with van der Waals surface area (Å²) in [5, 5.41) is 37.6. The van der Waals surface area contributed by atoms with Gasteiger partial charge in [0, 0.05) is 59.1 Å². The Balaban J connectivity index is 0.000000198. The number of rotatable bonds is 18. The molecule has 0 radical (unpaired) electrons. The number of carbonyl (C=O) groups is 1. The molecule has 30 nitrogen and oxygen atoms in total. The number of aromatic nitrogens is 6. The van der Waals surface area contributed by atoms with Crippen molar-refractivity contribution in [2.45, 2.75) is 65.3 Å². The zero-order valence-corrected chi connectivity index (χ0v) is 67.0. The van der Waals surface area contributed by atoms with Gasteiger partial charge in [0.15, 0.2) is 33.8 Å². The summed E-state index contributed by atoms with van der Waals surface area (Å²) in [6.07, 6.45) is 0.386. The van der Waals surface area contributed by atoms with Crippen LogP contribution in [0.15, 0.2) is 173 Å². The zero-order valence-electron chi connectivity index (χ0n) is 56.7. The van der Waals surface area contributed by atoms with Gasteiger partial charge in [-0.15, -0.1) is 11.3 Å². The number of morpholine rings is 2. The molecule has 0 aliphatic carbocycles. The second-order valence-electron chi connectivity index (χ2n) is 22.5. The van der Waals surface area contributed by atoms with E-state index in [1.54, 1.807) is 41.2 Å². The van der Waals surface area contributed by atoms with Crippen LogP contribution in [0.25, 0.3) is 22.6 Å². The molecule has 1 amide bonds. The molecular formula is C64H61Cl3FN15Na2O15S5. The Hall–Kier alpha value is -7.44. The number of benzene rings is 5. The van der Waals surface area contributed by atoms with Crippen molar-refractivity contribution in [2.24, 2.45) is 9.98 Å². The number of methoxy groups -OCH3 is 1. The van der Waals surface area contributed by atoms with Crippen molar-refractivity contribution in [3.8, 4) is 11.5 Å². The molecule has 5 aromatic carbocycles. The SMILES string of the molecule is COC(=O)Nc1c(N)nc(-c2nn(Cc3ccccc3F)c3ncccc23)nc1N.Cc1noc(C)c1S(=O)(=O)Nc1ccc(Cl)cc1C([O-])=Nc1ccc(S(=O)(=O)N2CC(C)OC(C)C2)cc1.O=S(=O)(Nc1ccc(Cl)cc1C([O-])=Nc1ccc(S(=O)(=O)N2CCOCC2)cc1)c1ccc(Cl)s1.[Na+].[Na+]. The number of hydrogen-bond donors (Lipinski definition) is 5. The number of halogens is 4. The Morgan fingerprint density at radius 2 is 1.25 bits per heavy atom. The molecule has 12 rings (SSSR count). The number of nitrogen functional groups attached to an aromatic ring is 2. The average Bonchev–Trinajstić information content (AvgIpc) is 1.67. The molecule has 542 valence electrons. The molecule has 2 unspecified atom stereocenters. The van der Waals surface area contributed by atoms with Crippen LogP contribution in [0.2, 0.25) is 14.4 Å². The molecule has 2 aliphatic heterocycles. The minimum Gasteiger partial charge on any atom is -0.858 e. The Bertz CT molecular complexity index is 5320. The molecular weight excluding hydrogens is 1550 g/mol. The molecule has 0 saturated carbocycles. The van der Waals surface area contributed by atoms with Crippen LogP contribution < -0.4 is 95.6 Å². The molecule has 2 fully saturated rings. The number of carbonyl (C=O) groups excluding carboxylic acids is 1. The Morgan fingerprint density at radius 3 is 1.75 bits per heavy atom. The van der Waals surface area contributed by atoms with Crippen LogP contribution in [0.3, 0.4) is 0 Å². The first-order chi connectivity index (χ1) is 48.8. The molecule has 5 aromatic heterocycles. The Kier molecular flexibility index (Phi) is 28.1. The van der Waals surface area contributed by atoms with Gasteiger partial charge in [0.25, 0.3) is 20.0 Å². The summed E-state index contributed by atoms with van der Waals surface area (Å²) in [6, 6.07) is 31.9. The van der Waals surface area contributed by atoms with E-state index in [0.717, 1.165) is 11.3 Å². The third kappa shape index (κ3) is 20.2. The standard InChI is InChI=1S/C24H27ClN4O7S2.C21H19Cl2N3O6S3.C19H17FN8O2.2Na/c1-14-12-29(13-15(2)35-14)38(33,34)20-8-6-19(7-9-20)26-24(30)21-11-18(25)5-10-22(21)28-37(31,32)23-16(3)27-36-17(23)4;22-14-1-6-18(25-34(28,29)20-8-7-19(23)33-20)17(13-14)21(27)24-15-2-4-16(5-3-15)35(30,31)26-9-11-32-12-10-26;1-30-19(29)24-14-15(21)25-17(26-16(14)22)13-11-6-4-8-23-18(11)28(27-13)9-10-5-2-3-7-12(10)20;;/h5-11,14-15,28H,12-13H2,1-4H3,(H,26,30);1-8,13,25H,9-12H2,(H,24,27);2-8H,9H2,1H3,(H,24,29)(H4,21,22,25,26);;/q;;;2*+1/p-2. The topological polar surface area (TPSA) is 429 Å². The fraction of sp³-hybridized carbons (Fsp3) is 0.219. The first kappa shape index (κ1) is 83.2. The molecule has 2 saturated heterocycles. The maximum Gasteiger partial charge on any atom is 1.00 e. The fourth-order valence-corrected chi connectivity index (χ4v) is 17.7. The predicted octanol–water partition coefficient (Wildman–Crippen LogP) is 2.72. The van der Waals surface area contributed by atoms with Crippen molar-refractivity contribution in [3.63, 3.8) is 0 Å². The molecule has 105 heavy (non-hydrogen) atoms. The van der Waals surface area contributed by atoms with E-state index in [1.165, 1.54) is 133 Å². The second-order valence-corrected chi connectivity index (χ2v) is 32.5. The van der Waals surface area contributed by atoms with E-state index < -0.39 is 58.0 Å². The number of hydrogen-bond acceptors (Lipinski definition) is 25. The van der Waals surface area contributed by atoms with Gasteiger partial charge in [0.2, 0.25) is 20.0 Å². The molecule has 7 heterocycles. The number of thiophene rings is 1. The number of ether oxygens (including phenoxy) is 3. The van der Waals surface area contributed by atoms with Gasteiger partial charge in [-0.05, 0) is 155 Å². The van der Waals surface area contributed by atoms with Crippen molar-refractivity contribution in [3.05, 3.63) is 188 Å². The number of nitrogens with zero attached hydrogens (tertiary/aromatic N) is 10. The minimum absolute atomic E-state index is 0. The first-order valence-corrected chi connectivity index (χ1v) is 38.2. The monoisotopic (exact) mass is 1610 g/mol. The van der Waals surface area contributed by atoms with Crippen molar-refractivity contribution in [2.75, 3.05) is 72.7 Å². The van der Waals surface area contributed by atoms with Gasteiger partial charge in [-0.1, -0.05) is 58.2 Å². The Morgan fingerprint density at radius 1 is 0.714 bits per heavy atom.